The number of thiophene rings is 1. The number of nitrogens with one attached hydrogen (secondary N) is 1. The Balaban J connectivity index is 1.94. The highest BCUT2D eigenvalue weighted by Crippen LogP contribution is 2.15. The summed E-state index contributed by atoms with van der Waals surface area (Å²) in [6.07, 6.45) is 0. The molecule has 3 N–H and O–H groups in total. The summed E-state index contributed by atoms with van der Waals surface area (Å²) < 4.78 is 0. The van der Waals surface area contributed by atoms with Crippen LogP contribution in [0.4, 0.5) is 5.69 Å². The zero-order valence-corrected chi connectivity index (χ0v) is 13.3. The summed E-state index contributed by atoms with van der Waals surface area (Å²) in [5.74, 6) is -0.0866. The minimum absolute atomic E-state index is 0.0866. The molecule has 0 spiro atoms. The van der Waals surface area contributed by atoms with Crippen LogP contribution in [0.1, 0.15) is 11.1 Å². The summed E-state index contributed by atoms with van der Waals surface area (Å²) in [6, 6.07) is 9.33. The SMILES string of the molecule is CN(CC(=O)Nc1ccccc1C(N)=S)Cc1ccsc1. The molecule has 0 fully saturated rings. The van der Waals surface area contributed by atoms with Crippen LogP contribution in [0.15, 0.2) is 41.1 Å². The Morgan fingerprint density at radius 1 is 1.38 bits per heavy atom. The highest BCUT2D eigenvalue weighted by molar-refractivity contribution is 7.80. The Labute approximate surface area is 133 Å². The number of hydrogen-bond donors (Lipinski definition) is 2. The second kappa shape index (κ2) is 7.31. The molecule has 2 aromatic rings. The minimum Gasteiger partial charge on any atom is -0.389 e. The molecule has 110 valence electrons. The number of nitrogens with zero attached hydrogens (tertiary/aromatic N) is 1. The maximum absolute atomic E-state index is 12.1. The van der Waals surface area contributed by atoms with E-state index in [4.69, 9.17) is 18.0 Å². The van der Waals surface area contributed by atoms with E-state index in [1.807, 2.05) is 29.5 Å². The molecule has 6 heteroatoms. The summed E-state index contributed by atoms with van der Waals surface area (Å²) in [5.41, 5.74) is 8.19. The van der Waals surface area contributed by atoms with Gasteiger partial charge in [0.25, 0.3) is 0 Å². The Bertz CT molecular complexity index is 626. The lowest BCUT2D eigenvalue weighted by molar-refractivity contribution is -0.117. The van der Waals surface area contributed by atoms with E-state index in [1.54, 1.807) is 23.5 Å². The summed E-state index contributed by atoms with van der Waals surface area (Å²) in [6.45, 7) is 1.05. The minimum atomic E-state index is -0.0866. The van der Waals surface area contributed by atoms with Gasteiger partial charge in [-0.15, -0.1) is 0 Å². The number of anilines is 1. The number of nitrogens with two attached hydrogens (primary N) is 1. The highest BCUT2D eigenvalue weighted by Gasteiger charge is 2.11. The lowest BCUT2D eigenvalue weighted by Crippen LogP contribution is -2.30. The van der Waals surface area contributed by atoms with Gasteiger partial charge in [0.2, 0.25) is 5.91 Å². The number of thiocarbonyl (C=S) groups is 1. The average molecular weight is 319 g/mol. The first kappa shape index (κ1) is 15.6. The largest absolute Gasteiger partial charge is 0.389 e. The number of carbonyl (C=O) groups excluding carboxylic acids is 1. The lowest BCUT2D eigenvalue weighted by atomic mass is 10.2. The van der Waals surface area contributed by atoms with Gasteiger partial charge in [0.05, 0.1) is 12.2 Å². The van der Waals surface area contributed by atoms with E-state index < -0.39 is 0 Å². The molecule has 0 bridgehead atoms. The van der Waals surface area contributed by atoms with Crippen LogP contribution >= 0.6 is 23.6 Å². The van der Waals surface area contributed by atoms with Gasteiger partial charge < -0.3 is 11.1 Å². The van der Waals surface area contributed by atoms with Crippen LogP contribution in [-0.4, -0.2) is 29.4 Å². The number of hydrogen-bond acceptors (Lipinski definition) is 4. The van der Waals surface area contributed by atoms with E-state index in [1.165, 1.54) is 5.56 Å². The molecule has 1 aromatic carbocycles. The van der Waals surface area contributed by atoms with Crippen molar-refractivity contribution in [2.45, 2.75) is 6.54 Å². The average Bonchev–Trinajstić information content (AvgIpc) is 2.91. The van der Waals surface area contributed by atoms with Crippen LogP contribution in [0.5, 0.6) is 0 Å². The molecular weight excluding hydrogens is 302 g/mol. The van der Waals surface area contributed by atoms with Crippen molar-refractivity contribution in [2.24, 2.45) is 5.73 Å². The molecule has 0 radical (unpaired) electrons. The first-order chi connectivity index (χ1) is 10.1. The van der Waals surface area contributed by atoms with Gasteiger partial charge in [0, 0.05) is 12.1 Å². The summed E-state index contributed by atoms with van der Waals surface area (Å²) in [7, 11) is 1.91. The topological polar surface area (TPSA) is 58.4 Å². The van der Waals surface area contributed by atoms with Crippen LogP contribution in [-0.2, 0) is 11.3 Å². The first-order valence-corrected chi connectivity index (χ1v) is 7.79. The van der Waals surface area contributed by atoms with Gasteiger partial charge in [-0.05, 0) is 41.6 Å². The van der Waals surface area contributed by atoms with Crippen LogP contribution in [0.2, 0.25) is 0 Å². The molecule has 1 aromatic heterocycles. The molecule has 0 aliphatic rings. The molecule has 0 atom stereocenters. The van der Waals surface area contributed by atoms with Gasteiger partial charge in [-0.1, -0.05) is 24.4 Å². The third kappa shape index (κ3) is 4.63. The number of rotatable bonds is 6. The van der Waals surface area contributed by atoms with E-state index in [0.717, 1.165) is 6.54 Å². The maximum atomic E-state index is 12.1. The van der Waals surface area contributed by atoms with Crippen LogP contribution in [0.25, 0.3) is 0 Å². The number of carbonyl (C=O) groups is 1. The van der Waals surface area contributed by atoms with Crippen molar-refractivity contribution in [1.29, 1.82) is 0 Å². The molecule has 0 saturated carbocycles. The summed E-state index contributed by atoms with van der Waals surface area (Å²) in [5, 5.41) is 6.97. The third-order valence-corrected chi connectivity index (χ3v) is 3.86. The van der Waals surface area contributed by atoms with E-state index in [0.29, 0.717) is 17.8 Å². The standard InChI is InChI=1S/C15H17N3OS2/c1-18(8-11-6-7-21-10-11)9-14(19)17-13-5-3-2-4-12(13)15(16)20/h2-7,10H,8-9H2,1H3,(H2,16,20)(H,17,19). The molecule has 0 saturated heterocycles. The summed E-state index contributed by atoms with van der Waals surface area (Å²) >= 11 is 6.64. The van der Waals surface area contributed by atoms with Gasteiger partial charge in [-0.25, -0.2) is 0 Å². The predicted molar refractivity (Wildman–Crippen MR) is 91.6 cm³/mol. The molecule has 1 heterocycles. The fourth-order valence-corrected chi connectivity index (χ4v) is 2.83. The van der Waals surface area contributed by atoms with Crippen LogP contribution in [0.3, 0.4) is 0 Å². The molecule has 1 amide bonds. The number of benzene rings is 1. The predicted octanol–water partition coefficient (Wildman–Crippen LogP) is 2.45. The Hall–Kier alpha value is -1.76. The van der Waals surface area contributed by atoms with E-state index >= 15 is 0 Å². The van der Waals surface area contributed by atoms with Crippen molar-refractivity contribution < 1.29 is 4.79 Å². The monoisotopic (exact) mass is 319 g/mol. The normalized spacial score (nSPS) is 10.6. The van der Waals surface area contributed by atoms with Crippen LogP contribution < -0.4 is 11.1 Å². The van der Waals surface area contributed by atoms with Crippen molar-refractivity contribution in [3.8, 4) is 0 Å². The Morgan fingerprint density at radius 2 is 2.14 bits per heavy atom. The molecule has 21 heavy (non-hydrogen) atoms. The lowest BCUT2D eigenvalue weighted by Gasteiger charge is -2.16. The summed E-state index contributed by atoms with van der Waals surface area (Å²) in [4.78, 5) is 14.3. The first-order valence-electron chi connectivity index (χ1n) is 6.44. The van der Waals surface area contributed by atoms with Gasteiger partial charge in [0.1, 0.15) is 4.99 Å². The third-order valence-electron chi connectivity index (χ3n) is 2.91. The van der Waals surface area contributed by atoms with Gasteiger partial charge >= 0.3 is 0 Å². The number of para-hydroxylation sites is 1. The van der Waals surface area contributed by atoms with Crippen molar-refractivity contribution >= 4 is 40.1 Å². The quantitative estimate of drug-likeness (QED) is 0.803. The smallest absolute Gasteiger partial charge is 0.238 e. The molecule has 4 nitrogen and oxygen atoms in total. The second-order valence-corrected chi connectivity index (χ2v) is 5.98. The van der Waals surface area contributed by atoms with Crippen molar-refractivity contribution in [3.63, 3.8) is 0 Å². The number of amides is 1. The highest BCUT2D eigenvalue weighted by atomic mass is 32.1. The molecule has 2 rings (SSSR count). The van der Waals surface area contributed by atoms with Crippen molar-refractivity contribution in [1.82, 2.24) is 4.90 Å². The van der Waals surface area contributed by atoms with E-state index in [9.17, 15) is 4.79 Å². The van der Waals surface area contributed by atoms with E-state index in [-0.39, 0.29) is 10.9 Å². The van der Waals surface area contributed by atoms with Gasteiger partial charge in [0.15, 0.2) is 0 Å². The fourth-order valence-electron chi connectivity index (χ4n) is 1.99. The molecule has 0 aliphatic heterocycles. The zero-order chi connectivity index (χ0) is 15.2. The fraction of sp³-hybridized carbons (Fsp3) is 0.200. The van der Waals surface area contributed by atoms with Gasteiger partial charge in [-0.3, -0.25) is 9.69 Å². The Kier molecular flexibility index (Phi) is 5.44. The maximum Gasteiger partial charge on any atom is 0.238 e. The molecule has 0 unspecified atom stereocenters. The number of likely N-dealkylation sites (N-methyl/N-ethyl adjacent to an activating group) is 1. The van der Waals surface area contributed by atoms with Crippen molar-refractivity contribution in [3.05, 3.63) is 52.2 Å². The van der Waals surface area contributed by atoms with Gasteiger partial charge in [-0.2, -0.15) is 11.3 Å². The second-order valence-electron chi connectivity index (χ2n) is 4.76. The van der Waals surface area contributed by atoms with E-state index in [2.05, 4.69) is 16.8 Å². The Morgan fingerprint density at radius 3 is 2.81 bits per heavy atom. The molecule has 0 aliphatic carbocycles. The van der Waals surface area contributed by atoms with Crippen LogP contribution in [0, 0.1) is 0 Å². The molecular formula is C15H17N3OS2. The zero-order valence-electron chi connectivity index (χ0n) is 11.7. The van der Waals surface area contributed by atoms with Crippen molar-refractivity contribution in [2.75, 3.05) is 18.9 Å².